The van der Waals surface area contributed by atoms with Gasteiger partial charge in [0, 0.05) is 6.08 Å². The van der Waals surface area contributed by atoms with E-state index in [-0.39, 0.29) is 0 Å². The number of aliphatic carboxylic acids is 1. The number of para-hydroxylation sites is 2. The topological polar surface area (TPSA) is 78.5 Å². The van der Waals surface area contributed by atoms with Gasteiger partial charge in [0.05, 0.1) is 18.8 Å². The van der Waals surface area contributed by atoms with Gasteiger partial charge < -0.3 is 20.0 Å². The van der Waals surface area contributed by atoms with Crippen LogP contribution in [0, 0.1) is 0 Å². The molecular formula is C11H10NO4-. The molecule has 1 N–H and O–H groups in total. The van der Waals surface area contributed by atoms with Crippen LogP contribution in [0.4, 0.5) is 5.69 Å². The van der Waals surface area contributed by atoms with E-state index in [0.29, 0.717) is 17.5 Å². The van der Waals surface area contributed by atoms with Crippen molar-refractivity contribution < 1.29 is 19.4 Å². The van der Waals surface area contributed by atoms with Crippen molar-refractivity contribution >= 4 is 17.6 Å². The number of methoxy groups -OCH3 is 1. The minimum atomic E-state index is -1.42. The van der Waals surface area contributed by atoms with Gasteiger partial charge in [-0.1, -0.05) is 12.1 Å². The summed E-state index contributed by atoms with van der Waals surface area (Å²) >= 11 is 0. The van der Waals surface area contributed by atoms with Crippen LogP contribution in [0.5, 0.6) is 5.75 Å². The molecule has 84 valence electrons. The van der Waals surface area contributed by atoms with Crippen molar-refractivity contribution in [2.45, 2.75) is 0 Å². The van der Waals surface area contributed by atoms with E-state index in [9.17, 15) is 14.7 Å². The van der Waals surface area contributed by atoms with Crippen LogP contribution in [-0.2, 0) is 9.59 Å². The molecule has 0 fully saturated rings. The van der Waals surface area contributed by atoms with E-state index in [1.54, 1.807) is 24.3 Å². The van der Waals surface area contributed by atoms with Gasteiger partial charge in [-0.05, 0) is 18.2 Å². The Balaban J connectivity index is 2.73. The van der Waals surface area contributed by atoms with Crippen LogP contribution in [-0.4, -0.2) is 19.0 Å². The highest BCUT2D eigenvalue weighted by Crippen LogP contribution is 2.22. The lowest BCUT2D eigenvalue weighted by atomic mass is 10.3. The molecule has 5 nitrogen and oxygen atoms in total. The Kier molecular flexibility index (Phi) is 4.08. The molecule has 0 unspecified atom stereocenters. The van der Waals surface area contributed by atoms with Crippen LogP contribution < -0.4 is 15.2 Å². The SMILES string of the molecule is COc1ccccc1NC(=O)C=CC(=O)[O-]. The third-order valence-electron chi connectivity index (χ3n) is 1.74. The van der Waals surface area contributed by atoms with E-state index >= 15 is 0 Å². The number of carboxylic acids is 1. The van der Waals surface area contributed by atoms with Crippen LogP contribution in [0.25, 0.3) is 0 Å². The fourth-order valence-electron chi connectivity index (χ4n) is 1.07. The summed E-state index contributed by atoms with van der Waals surface area (Å²) in [6.45, 7) is 0. The summed E-state index contributed by atoms with van der Waals surface area (Å²) in [5.74, 6) is -1.48. The molecule has 1 rings (SSSR count). The van der Waals surface area contributed by atoms with E-state index in [1.165, 1.54) is 7.11 Å². The molecule has 1 aromatic rings. The third kappa shape index (κ3) is 3.45. The monoisotopic (exact) mass is 220 g/mol. The first kappa shape index (κ1) is 11.8. The summed E-state index contributed by atoms with van der Waals surface area (Å²) in [6, 6.07) is 6.80. The molecule has 0 heterocycles. The van der Waals surface area contributed by atoms with E-state index < -0.39 is 11.9 Å². The molecule has 0 spiro atoms. The zero-order valence-corrected chi connectivity index (χ0v) is 8.60. The van der Waals surface area contributed by atoms with Crippen LogP contribution in [0.15, 0.2) is 36.4 Å². The predicted octanol–water partition coefficient (Wildman–Crippen LogP) is -0.0602. The molecule has 0 bridgehead atoms. The molecule has 0 aliphatic rings. The van der Waals surface area contributed by atoms with Crippen LogP contribution in [0.3, 0.4) is 0 Å². The predicted molar refractivity (Wildman–Crippen MR) is 55.8 cm³/mol. The maximum absolute atomic E-state index is 11.2. The molecule has 0 atom stereocenters. The number of anilines is 1. The van der Waals surface area contributed by atoms with Gasteiger partial charge in [-0.25, -0.2) is 0 Å². The molecule has 1 aromatic carbocycles. The normalized spacial score (nSPS) is 10.1. The Hall–Kier alpha value is -2.30. The van der Waals surface area contributed by atoms with Crippen molar-refractivity contribution in [3.05, 3.63) is 36.4 Å². The van der Waals surface area contributed by atoms with E-state index in [4.69, 9.17) is 4.74 Å². The summed E-state index contributed by atoms with van der Waals surface area (Å²) in [5, 5.41) is 12.6. The number of rotatable bonds is 4. The fourth-order valence-corrected chi connectivity index (χ4v) is 1.07. The van der Waals surface area contributed by atoms with Gasteiger partial charge in [-0.15, -0.1) is 0 Å². The number of carbonyl (C=O) groups is 2. The molecular weight excluding hydrogens is 210 g/mol. The van der Waals surface area contributed by atoms with Gasteiger partial charge in [0.1, 0.15) is 5.75 Å². The van der Waals surface area contributed by atoms with Gasteiger partial charge in [0.2, 0.25) is 5.91 Å². The first-order valence-corrected chi connectivity index (χ1v) is 4.46. The van der Waals surface area contributed by atoms with Gasteiger partial charge in [-0.2, -0.15) is 0 Å². The Morgan fingerprint density at radius 3 is 2.62 bits per heavy atom. The minimum absolute atomic E-state index is 0.470. The standard InChI is InChI=1S/C11H11NO4/c1-16-9-5-3-2-4-8(9)12-10(13)6-7-11(14)15/h2-7H,1H3,(H,12,13)(H,14,15)/p-1. The molecule has 0 aliphatic heterocycles. The molecule has 1 amide bonds. The van der Waals surface area contributed by atoms with Gasteiger partial charge in [0.25, 0.3) is 0 Å². The zero-order valence-electron chi connectivity index (χ0n) is 8.60. The van der Waals surface area contributed by atoms with Gasteiger partial charge >= 0.3 is 0 Å². The highest BCUT2D eigenvalue weighted by atomic mass is 16.5. The number of nitrogens with one attached hydrogen (secondary N) is 1. The Morgan fingerprint density at radius 1 is 1.31 bits per heavy atom. The molecule has 0 aromatic heterocycles. The molecule has 5 heteroatoms. The fraction of sp³-hybridized carbons (Fsp3) is 0.0909. The lowest BCUT2D eigenvalue weighted by Gasteiger charge is -2.07. The first-order chi connectivity index (χ1) is 7.63. The summed E-state index contributed by atoms with van der Waals surface area (Å²) in [4.78, 5) is 21.3. The average molecular weight is 220 g/mol. The number of amides is 1. The quantitative estimate of drug-likeness (QED) is 0.721. The maximum Gasteiger partial charge on any atom is 0.248 e. The summed E-state index contributed by atoms with van der Waals surface area (Å²) in [5.41, 5.74) is 0.470. The summed E-state index contributed by atoms with van der Waals surface area (Å²) in [6.07, 6.45) is 1.53. The lowest BCUT2D eigenvalue weighted by Crippen LogP contribution is -2.20. The second-order valence-corrected chi connectivity index (χ2v) is 2.84. The number of benzene rings is 1. The van der Waals surface area contributed by atoms with Crippen molar-refractivity contribution in [1.29, 1.82) is 0 Å². The van der Waals surface area contributed by atoms with Gasteiger partial charge in [0.15, 0.2) is 0 Å². The van der Waals surface area contributed by atoms with Crippen molar-refractivity contribution in [2.24, 2.45) is 0 Å². The van der Waals surface area contributed by atoms with Gasteiger partial charge in [-0.3, -0.25) is 4.79 Å². The molecule has 16 heavy (non-hydrogen) atoms. The lowest BCUT2D eigenvalue weighted by molar-refractivity contribution is -0.297. The molecule has 0 saturated carbocycles. The highest BCUT2D eigenvalue weighted by molar-refractivity contribution is 6.02. The minimum Gasteiger partial charge on any atom is -0.545 e. The van der Waals surface area contributed by atoms with Crippen LogP contribution >= 0.6 is 0 Å². The maximum atomic E-state index is 11.2. The summed E-state index contributed by atoms with van der Waals surface area (Å²) < 4.78 is 5.00. The molecule has 0 saturated heterocycles. The largest absolute Gasteiger partial charge is 0.545 e. The van der Waals surface area contributed by atoms with E-state index in [2.05, 4.69) is 5.32 Å². The Labute approximate surface area is 92.3 Å². The van der Waals surface area contributed by atoms with E-state index in [1.807, 2.05) is 0 Å². The van der Waals surface area contributed by atoms with Crippen molar-refractivity contribution in [2.75, 3.05) is 12.4 Å². The molecule has 0 aliphatic carbocycles. The van der Waals surface area contributed by atoms with Crippen LogP contribution in [0.2, 0.25) is 0 Å². The Morgan fingerprint density at radius 2 is 2.00 bits per heavy atom. The molecule has 0 radical (unpaired) electrons. The Bertz CT molecular complexity index is 426. The zero-order chi connectivity index (χ0) is 12.0. The smallest absolute Gasteiger partial charge is 0.248 e. The van der Waals surface area contributed by atoms with Crippen LogP contribution in [0.1, 0.15) is 0 Å². The second kappa shape index (κ2) is 5.55. The summed E-state index contributed by atoms with van der Waals surface area (Å²) in [7, 11) is 1.47. The van der Waals surface area contributed by atoms with E-state index in [0.717, 1.165) is 6.08 Å². The number of hydrogen-bond acceptors (Lipinski definition) is 4. The first-order valence-electron chi connectivity index (χ1n) is 4.46. The highest BCUT2D eigenvalue weighted by Gasteiger charge is 2.03. The van der Waals surface area contributed by atoms with Crippen molar-refractivity contribution in [1.82, 2.24) is 0 Å². The van der Waals surface area contributed by atoms with Crippen molar-refractivity contribution in [3.63, 3.8) is 0 Å². The second-order valence-electron chi connectivity index (χ2n) is 2.84. The number of carbonyl (C=O) groups excluding carboxylic acids is 2. The number of ether oxygens (including phenoxy) is 1. The third-order valence-corrected chi connectivity index (χ3v) is 1.74. The van der Waals surface area contributed by atoms with Crippen molar-refractivity contribution in [3.8, 4) is 5.75 Å². The average Bonchev–Trinajstić information content (AvgIpc) is 2.27. The number of hydrogen-bond donors (Lipinski definition) is 1. The number of carboxylic acid groups (broad SMARTS) is 1.